The van der Waals surface area contributed by atoms with E-state index in [0.29, 0.717) is 12.0 Å². The average molecular weight is 479 g/mol. The predicted molar refractivity (Wildman–Crippen MR) is 141 cm³/mol. The SMILES string of the molecule is CCCN(C(c1ccc2ccccc2c1)C1CC1)N1CSC(C)=C1c1ccc(OC)cc1Cl. The van der Waals surface area contributed by atoms with Crippen LogP contribution >= 0.6 is 23.4 Å². The first-order chi connectivity index (χ1) is 16.1. The van der Waals surface area contributed by atoms with E-state index >= 15 is 0 Å². The van der Waals surface area contributed by atoms with E-state index in [0.717, 1.165) is 35.2 Å². The van der Waals surface area contributed by atoms with Crippen molar-refractivity contribution in [2.45, 2.75) is 39.2 Å². The molecule has 0 saturated heterocycles. The van der Waals surface area contributed by atoms with Crippen molar-refractivity contribution < 1.29 is 4.74 Å². The molecule has 1 aliphatic carbocycles. The number of hydrogen-bond donors (Lipinski definition) is 0. The van der Waals surface area contributed by atoms with Gasteiger partial charge in [0.05, 0.1) is 29.7 Å². The number of fused-ring (bicyclic) bond motifs is 1. The van der Waals surface area contributed by atoms with Gasteiger partial charge in [-0.3, -0.25) is 5.01 Å². The Kier molecular flexibility index (Phi) is 6.60. The minimum Gasteiger partial charge on any atom is -0.497 e. The second-order valence-corrected chi connectivity index (χ2v) is 10.5. The number of rotatable bonds is 8. The summed E-state index contributed by atoms with van der Waals surface area (Å²) < 4.78 is 5.39. The fourth-order valence-corrected chi connectivity index (χ4v) is 6.15. The molecule has 1 saturated carbocycles. The van der Waals surface area contributed by atoms with Crippen molar-refractivity contribution in [1.82, 2.24) is 10.0 Å². The summed E-state index contributed by atoms with van der Waals surface area (Å²) in [6.07, 6.45) is 3.68. The van der Waals surface area contributed by atoms with Gasteiger partial charge in [-0.05, 0) is 72.7 Å². The molecule has 3 aromatic carbocycles. The highest BCUT2D eigenvalue weighted by atomic mass is 35.5. The zero-order valence-electron chi connectivity index (χ0n) is 19.6. The van der Waals surface area contributed by atoms with Crippen molar-refractivity contribution in [1.29, 1.82) is 0 Å². The molecule has 1 unspecified atom stereocenters. The number of halogens is 1. The topological polar surface area (TPSA) is 15.7 Å². The van der Waals surface area contributed by atoms with E-state index < -0.39 is 0 Å². The Bertz CT molecular complexity index is 1190. The first-order valence-corrected chi connectivity index (χ1v) is 13.2. The van der Waals surface area contributed by atoms with Gasteiger partial charge in [-0.1, -0.05) is 54.9 Å². The third kappa shape index (κ3) is 4.49. The van der Waals surface area contributed by atoms with E-state index in [2.05, 4.69) is 72.4 Å². The zero-order valence-corrected chi connectivity index (χ0v) is 21.1. The minimum absolute atomic E-state index is 0.369. The number of ether oxygens (including phenoxy) is 1. The van der Waals surface area contributed by atoms with Crippen LogP contribution in [-0.2, 0) is 0 Å². The highest BCUT2D eigenvalue weighted by molar-refractivity contribution is 8.03. The fraction of sp³-hybridized carbons (Fsp3) is 0.357. The molecule has 1 heterocycles. The zero-order chi connectivity index (χ0) is 22.9. The van der Waals surface area contributed by atoms with E-state index in [1.54, 1.807) is 7.11 Å². The number of methoxy groups -OCH3 is 1. The lowest BCUT2D eigenvalue weighted by molar-refractivity contribution is -0.00429. The standard InChI is InChI=1S/C28H31ClN2OS/c1-4-15-30(28(21-10-11-21)23-12-9-20-7-5-6-8-22(20)16-23)31-18-33-19(2)27(31)25-14-13-24(32-3)17-26(25)29/h5-9,12-14,16-17,21,28H,4,10-11,15,18H2,1-3H3. The molecule has 0 radical (unpaired) electrons. The van der Waals surface area contributed by atoms with E-state index in [4.69, 9.17) is 16.3 Å². The fourth-order valence-electron chi connectivity index (χ4n) is 4.95. The van der Waals surface area contributed by atoms with Crippen molar-refractivity contribution in [3.8, 4) is 5.75 Å². The largest absolute Gasteiger partial charge is 0.497 e. The molecule has 3 aromatic rings. The number of benzene rings is 3. The average Bonchev–Trinajstić information content (AvgIpc) is 3.60. The maximum absolute atomic E-state index is 6.77. The van der Waals surface area contributed by atoms with Crippen LogP contribution in [0.5, 0.6) is 5.75 Å². The van der Waals surface area contributed by atoms with Gasteiger partial charge in [0.2, 0.25) is 0 Å². The Morgan fingerprint density at radius 3 is 2.58 bits per heavy atom. The van der Waals surface area contributed by atoms with Gasteiger partial charge in [0.25, 0.3) is 0 Å². The highest BCUT2D eigenvalue weighted by Gasteiger charge is 2.41. The van der Waals surface area contributed by atoms with Gasteiger partial charge in [0.1, 0.15) is 5.75 Å². The van der Waals surface area contributed by atoms with Crippen LogP contribution in [0.2, 0.25) is 5.02 Å². The molecule has 5 heteroatoms. The second kappa shape index (κ2) is 9.61. The Hall–Kier alpha value is -2.14. The minimum atomic E-state index is 0.369. The normalized spacial score (nSPS) is 17.3. The third-order valence-electron chi connectivity index (χ3n) is 6.69. The van der Waals surface area contributed by atoms with E-state index in [1.165, 1.54) is 39.8 Å². The van der Waals surface area contributed by atoms with Crippen molar-refractivity contribution in [3.05, 3.63) is 81.7 Å². The molecule has 0 spiro atoms. The molecule has 0 aromatic heterocycles. The Labute approximate surface area is 206 Å². The summed E-state index contributed by atoms with van der Waals surface area (Å²) in [7, 11) is 1.68. The summed E-state index contributed by atoms with van der Waals surface area (Å²) in [5, 5.41) is 8.48. The van der Waals surface area contributed by atoms with Crippen LogP contribution in [-0.4, -0.2) is 29.5 Å². The molecule has 33 heavy (non-hydrogen) atoms. The van der Waals surface area contributed by atoms with Gasteiger partial charge < -0.3 is 4.74 Å². The van der Waals surface area contributed by atoms with Crippen LogP contribution in [0.15, 0.2) is 65.6 Å². The van der Waals surface area contributed by atoms with Gasteiger partial charge in [-0.25, -0.2) is 5.01 Å². The number of thioether (sulfide) groups is 1. The van der Waals surface area contributed by atoms with Crippen molar-refractivity contribution in [2.24, 2.45) is 5.92 Å². The summed E-state index contributed by atoms with van der Waals surface area (Å²) in [4.78, 5) is 1.32. The lowest BCUT2D eigenvalue weighted by atomic mass is 9.97. The number of nitrogens with zero attached hydrogens (tertiary/aromatic N) is 2. The number of allylic oxidation sites excluding steroid dienone is 1. The molecule has 0 N–H and O–H groups in total. The summed E-state index contributed by atoms with van der Waals surface area (Å²) in [6.45, 7) is 5.50. The molecular formula is C28H31ClN2OS. The predicted octanol–water partition coefficient (Wildman–Crippen LogP) is 7.97. The lowest BCUT2D eigenvalue weighted by Crippen LogP contribution is -2.43. The first-order valence-electron chi connectivity index (χ1n) is 11.8. The van der Waals surface area contributed by atoms with Gasteiger partial charge in [-0.2, -0.15) is 0 Å². The van der Waals surface area contributed by atoms with Gasteiger partial charge in [-0.15, -0.1) is 11.8 Å². The molecule has 2 aliphatic rings. The summed E-state index contributed by atoms with van der Waals surface area (Å²) in [6, 6.07) is 22.1. The molecule has 1 atom stereocenters. The van der Waals surface area contributed by atoms with Crippen LogP contribution < -0.4 is 4.74 Å². The Morgan fingerprint density at radius 1 is 1.09 bits per heavy atom. The van der Waals surface area contributed by atoms with Gasteiger partial charge in [0, 0.05) is 17.0 Å². The summed E-state index contributed by atoms with van der Waals surface area (Å²) in [5.74, 6) is 2.40. The van der Waals surface area contributed by atoms with Crippen LogP contribution in [0.25, 0.3) is 16.5 Å². The third-order valence-corrected chi connectivity index (χ3v) is 8.01. The second-order valence-electron chi connectivity index (χ2n) is 8.98. The van der Waals surface area contributed by atoms with Crippen LogP contribution in [0, 0.1) is 5.92 Å². The monoisotopic (exact) mass is 478 g/mol. The quantitative estimate of drug-likeness (QED) is 0.326. The summed E-state index contributed by atoms with van der Waals surface area (Å²) in [5.41, 5.74) is 3.72. The first kappa shape index (κ1) is 22.6. The maximum atomic E-state index is 6.77. The van der Waals surface area contributed by atoms with Crippen LogP contribution in [0.1, 0.15) is 50.3 Å². The number of hydrogen-bond acceptors (Lipinski definition) is 4. The molecule has 5 rings (SSSR count). The smallest absolute Gasteiger partial charge is 0.120 e. The van der Waals surface area contributed by atoms with Crippen LogP contribution in [0.4, 0.5) is 0 Å². The van der Waals surface area contributed by atoms with Crippen molar-refractivity contribution >= 4 is 39.8 Å². The molecule has 1 aliphatic heterocycles. The molecule has 3 nitrogen and oxygen atoms in total. The summed E-state index contributed by atoms with van der Waals surface area (Å²) >= 11 is 8.67. The highest BCUT2D eigenvalue weighted by Crippen LogP contribution is 2.49. The van der Waals surface area contributed by atoms with Crippen molar-refractivity contribution in [2.75, 3.05) is 19.5 Å². The van der Waals surface area contributed by atoms with E-state index in [-0.39, 0.29) is 0 Å². The van der Waals surface area contributed by atoms with Gasteiger partial charge >= 0.3 is 0 Å². The van der Waals surface area contributed by atoms with E-state index in [1.807, 2.05) is 23.9 Å². The maximum Gasteiger partial charge on any atom is 0.120 e. The molecule has 0 amide bonds. The Morgan fingerprint density at radius 2 is 1.88 bits per heavy atom. The van der Waals surface area contributed by atoms with E-state index in [9.17, 15) is 0 Å². The molecule has 1 fully saturated rings. The van der Waals surface area contributed by atoms with Crippen molar-refractivity contribution in [3.63, 3.8) is 0 Å². The lowest BCUT2D eigenvalue weighted by Gasteiger charge is -2.41. The molecular weight excluding hydrogens is 448 g/mol. The molecule has 0 bridgehead atoms. The molecule has 172 valence electrons. The number of hydrazine groups is 1. The van der Waals surface area contributed by atoms with Gasteiger partial charge in [0.15, 0.2) is 0 Å². The van der Waals surface area contributed by atoms with Crippen LogP contribution in [0.3, 0.4) is 0 Å². The Balaban J connectivity index is 1.56.